The Hall–Kier alpha value is -1.03. The van der Waals surface area contributed by atoms with Crippen molar-refractivity contribution in [1.82, 2.24) is 4.98 Å². The number of Topliss-reactive ketones (excluding diaryl/α,β-unsaturated/α-hetero) is 1. The molecule has 1 aromatic rings. The number of alkyl halides is 3. The molecule has 0 fully saturated rings. The van der Waals surface area contributed by atoms with E-state index in [0.717, 1.165) is 0 Å². The van der Waals surface area contributed by atoms with E-state index in [9.17, 15) is 13.6 Å². The predicted molar refractivity (Wildman–Crippen MR) is 43.7 cm³/mol. The monoisotopic (exact) mass is 205 g/mol. The maximum absolute atomic E-state index is 12.2. The predicted octanol–water partition coefficient (Wildman–Crippen LogP) is 2.02. The van der Waals surface area contributed by atoms with Crippen LogP contribution in [0, 0.1) is 0 Å². The van der Waals surface area contributed by atoms with Crippen LogP contribution in [0.3, 0.4) is 0 Å². The molecule has 0 aliphatic heterocycles. The van der Waals surface area contributed by atoms with Gasteiger partial charge in [-0.25, -0.2) is 0 Å². The van der Waals surface area contributed by atoms with E-state index in [1.54, 1.807) is 12.1 Å². The molecule has 2 nitrogen and oxygen atoms in total. The van der Waals surface area contributed by atoms with Gasteiger partial charge in [-0.1, -0.05) is 6.07 Å². The van der Waals surface area contributed by atoms with Gasteiger partial charge < -0.3 is 0 Å². The molecule has 0 atom stereocenters. The van der Waals surface area contributed by atoms with E-state index in [1.807, 2.05) is 0 Å². The summed E-state index contributed by atoms with van der Waals surface area (Å²) in [6.45, 7) is 0. The van der Waals surface area contributed by atoms with Gasteiger partial charge in [-0.2, -0.15) is 8.78 Å². The van der Waals surface area contributed by atoms with Crippen molar-refractivity contribution in [3.63, 3.8) is 0 Å². The highest BCUT2D eigenvalue weighted by atomic mass is 35.5. The van der Waals surface area contributed by atoms with Gasteiger partial charge in [-0.3, -0.25) is 9.78 Å². The Labute approximate surface area is 78.5 Å². The zero-order chi connectivity index (χ0) is 9.90. The molecule has 0 spiro atoms. The van der Waals surface area contributed by atoms with Gasteiger partial charge in [0.2, 0.25) is 5.78 Å². The molecule has 0 aromatic carbocycles. The molecule has 1 rings (SSSR count). The van der Waals surface area contributed by atoms with Gasteiger partial charge >= 0.3 is 5.38 Å². The summed E-state index contributed by atoms with van der Waals surface area (Å²) in [6, 6.07) is 4.73. The molecule has 0 amide bonds. The lowest BCUT2D eigenvalue weighted by Gasteiger charge is -2.04. The van der Waals surface area contributed by atoms with E-state index in [1.165, 1.54) is 12.3 Å². The first-order valence-electron chi connectivity index (χ1n) is 3.50. The zero-order valence-corrected chi connectivity index (χ0v) is 7.26. The first kappa shape index (κ1) is 10.1. The van der Waals surface area contributed by atoms with E-state index < -0.39 is 17.6 Å². The highest BCUT2D eigenvalue weighted by Gasteiger charge is 2.35. The molecule has 0 bridgehead atoms. The van der Waals surface area contributed by atoms with Gasteiger partial charge in [-0.05, 0) is 23.7 Å². The summed E-state index contributed by atoms with van der Waals surface area (Å²) in [7, 11) is 0. The van der Waals surface area contributed by atoms with Crippen LogP contribution in [0.25, 0.3) is 0 Å². The van der Waals surface area contributed by atoms with Crippen LogP contribution in [0.5, 0.6) is 0 Å². The molecule has 13 heavy (non-hydrogen) atoms. The van der Waals surface area contributed by atoms with Crippen molar-refractivity contribution >= 4 is 17.4 Å². The second-order valence-electron chi connectivity index (χ2n) is 2.42. The molecule has 5 heteroatoms. The van der Waals surface area contributed by atoms with Gasteiger partial charge in [0.05, 0.1) is 6.42 Å². The minimum atomic E-state index is -3.79. The third-order valence-corrected chi connectivity index (χ3v) is 1.59. The first-order chi connectivity index (χ1) is 6.00. The summed E-state index contributed by atoms with van der Waals surface area (Å²) < 4.78 is 24.4. The van der Waals surface area contributed by atoms with Crippen LogP contribution in [-0.4, -0.2) is 16.1 Å². The third kappa shape index (κ3) is 3.06. The number of hydrogen-bond acceptors (Lipinski definition) is 2. The molecule has 0 radical (unpaired) electrons. The van der Waals surface area contributed by atoms with Crippen LogP contribution in [0.2, 0.25) is 0 Å². The molecular weight excluding hydrogens is 200 g/mol. The molecule has 0 aliphatic carbocycles. The van der Waals surface area contributed by atoms with Crippen LogP contribution in [-0.2, 0) is 11.2 Å². The van der Waals surface area contributed by atoms with Crippen molar-refractivity contribution in [1.29, 1.82) is 0 Å². The van der Waals surface area contributed by atoms with Crippen LogP contribution < -0.4 is 0 Å². The van der Waals surface area contributed by atoms with Crippen molar-refractivity contribution in [2.75, 3.05) is 0 Å². The summed E-state index contributed by atoms with van der Waals surface area (Å²) in [4.78, 5) is 14.4. The van der Waals surface area contributed by atoms with Crippen LogP contribution in [0.1, 0.15) is 5.69 Å². The Bertz CT molecular complexity index is 297. The summed E-state index contributed by atoms with van der Waals surface area (Å²) >= 11 is 4.52. The number of pyridine rings is 1. The lowest BCUT2D eigenvalue weighted by Crippen LogP contribution is -2.23. The van der Waals surface area contributed by atoms with Crippen molar-refractivity contribution in [3.05, 3.63) is 30.1 Å². The van der Waals surface area contributed by atoms with E-state index >= 15 is 0 Å². The van der Waals surface area contributed by atoms with E-state index in [0.29, 0.717) is 0 Å². The van der Waals surface area contributed by atoms with Gasteiger partial charge in [0.1, 0.15) is 0 Å². The maximum atomic E-state index is 12.2. The summed E-state index contributed by atoms with van der Waals surface area (Å²) in [5.74, 6) is -1.34. The van der Waals surface area contributed by atoms with E-state index in [2.05, 4.69) is 16.6 Å². The van der Waals surface area contributed by atoms with E-state index in [-0.39, 0.29) is 5.69 Å². The maximum Gasteiger partial charge on any atom is 0.380 e. The molecular formula is C8H6ClF2NO. The number of nitrogens with zero attached hydrogens (tertiary/aromatic N) is 1. The Morgan fingerprint density at radius 3 is 2.69 bits per heavy atom. The molecule has 0 saturated heterocycles. The highest BCUT2D eigenvalue weighted by molar-refractivity contribution is 6.32. The Kier molecular flexibility index (Phi) is 2.93. The Morgan fingerprint density at radius 2 is 2.23 bits per heavy atom. The Morgan fingerprint density at radius 1 is 1.54 bits per heavy atom. The minimum absolute atomic E-state index is 0.285. The molecule has 0 aliphatic rings. The lowest BCUT2D eigenvalue weighted by atomic mass is 10.2. The largest absolute Gasteiger partial charge is 0.380 e. The average molecular weight is 206 g/mol. The normalized spacial score (nSPS) is 11.3. The van der Waals surface area contributed by atoms with Crippen molar-refractivity contribution in [2.24, 2.45) is 0 Å². The quantitative estimate of drug-likeness (QED) is 0.707. The fraction of sp³-hybridized carbons (Fsp3) is 0.250. The standard InChI is InChI=1S/C8H6ClF2NO/c9-8(10,11)7(13)5-6-3-1-2-4-12-6/h1-4H,5H2. The van der Waals surface area contributed by atoms with Crippen LogP contribution in [0.4, 0.5) is 8.78 Å². The van der Waals surface area contributed by atoms with Gasteiger partial charge in [-0.15, -0.1) is 0 Å². The molecule has 70 valence electrons. The third-order valence-electron chi connectivity index (χ3n) is 1.38. The molecule has 0 unspecified atom stereocenters. The number of hydrogen-bond donors (Lipinski definition) is 0. The van der Waals surface area contributed by atoms with Gasteiger partial charge in [0.15, 0.2) is 0 Å². The summed E-state index contributed by atoms with van der Waals surface area (Å²) in [5, 5.41) is -3.79. The number of aromatic nitrogens is 1. The average Bonchev–Trinajstić information content (AvgIpc) is 2.04. The number of ketones is 1. The fourth-order valence-electron chi connectivity index (χ4n) is 0.767. The number of carbonyl (C=O) groups is 1. The van der Waals surface area contributed by atoms with Crippen LogP contribution >= 0.6 is 11.6 Å². The van der Waals surface area contributed by atoms with Crippen molar-refractivity contribution in [2.45, 2.75) is 11.8 Å². The van der Waals surface area contributed by atoms with E-state index in [4.69, 9.17) is 0 Å². The topological polar surface area (TPSA) is 30.0 Å². The summed E-state index contributed by atoms with van der Waals surface area (Å²) in [6.07, 6.45) is 0.978. The number of carbonyl (C=O) groups excluding carboxylic acids is 1. The second-order valence-corrected chi connectivity index (χ2v) is 2.89. The summed E-state index contributed by atoms with van der Waals surface area (Å²) in [5.41, 5.74) is 0.285. The molecule has 0 N–H and O–H groups in total. The minimum Gasteiger partial charge on any atom is -0.291 e. The smallest absolute Gasteiger partial charge is 0.291 e. The lowest BCUT2D eigenvalue weighted by molar-refractivity contribution is -0.132. The molecule has 0 saturated carbocycles. The SMILES string of the molecule is O=C(Cc1ccccn1)C(F)(F)Cl. The van der Waals surface area contributed by atoms with Crippen molar-refractivity contribution < 1.29 is 13.6 Å². The zero-order valence-electron chi connectivity index (χ0n) is 6.51. The highest BCUT2D eigenvalue weighted by Crippen LogP contribution is 2.21. The van der Waals surface area contributed by atoms with Gasteiger partial charge in [0.25, 0.3) is 0 Å². The Balaban J connectivity index is 2.66. The molecule has 1 aromatic heterocycles. The van der Waals surface area contributed by atoms with Crippen molar-refractivity contribution in [3.8, 4) is 0 Å². The number of halogens is 3. The fourth-order valence-corrected chi connectivity index (χ4v) is 0.834. The van der Waals surface area contributed by atoms with Gasteiger partial charge in [0, 0.05) is 11.9 Å². The number of rotatable bonds is 3. The van der Waals surface area contributed by atoms with Crippen LogP contribution in [0.15, 0.2) is 24.4 Å². The molecule has 1 heterocycles. The second kappa shape index (κ2) is 3.79. The first-order valence-corrected chi connectivity index (χ1v) is 3.88.